The van der Waals surface area contributed by atoms with Crippen molar-refractivity contribution in [3.05, 3.63) is 40.7 Å². The number of ketones is 1. The SMILES string of the molecule is N#CC(C#N)=C1CC(=O)c2c(F)cccc21. The van der Waals surface area contributed by atoms with Crippen LogP contribution in [0.1, 0.15) is 22.3 Å². The Balaban J connectivity index is 2.77. The van der Waals surface area contributed by atoms with Crippen molar-refractivity contribution in [3.63, 3.8) is 0 Å². The van der Waals surface area contributed by atoms with Crippen LogP contribution in [0.3, 0.4) is 0 Å². The zero-order chi connectivity index (χ0) is 11.7. The summed E-state index contributed by atoms with van der Waals surface area (Å²) in [6.07, 6.45) is -0.0767. The molecule has 3 nitrogen and oxygen atoms in total. The smallest absolute Gasteiger partial charge is 0.170 e. The van der Waals surface area contributed by atoms with E-state index in [0.717, 1.165) is 0 Å². The van der Waals surface area contributed by atoms with Crippen LogP contribution in [0.15, 0.2) is 23.8 Å². The first kappa shape index (κ1) is 10.1. The number of Topliss-reactive ketones (excluding diaryl/α,β-unsaturated/α-hetero) is 1. The molecule has 76 valence electrons. The Bertz CT molecular complexity index is 586. The number of halogens is 1. The maximum absolute atomic E-state index is 13.4. The molecule has 0 aromatic heterocycles. The summed E-state index contributed by atoms with van der Waals surface area (Å²) in [6.45, 7) is 0. The van der Waals surface area contributed by atoms with E-state index in [4.69, 9.17) is 10.5 Å². The maximum Gasteiger partial charge on any atom is 0.170 e. The highest BCUT2D eigenvalue weighted by molar-refractivity contribution is 6.13. The van der Waals surface area contributed by atoms with Gasteiger partial charge in [0.2, 0.25) is 0 Å². The van der Waals surface area contributed by atoms with Gasteiger partial charge in [-0.3, -0.25) is 4.79 Å². The van der Waals surface area contributed by atoms with Crippen LogP contribution in [0.5, 0.6) is 0 Å². The van der Waals surface area contributed by atoms with E-state index in [1.807, 2.05) is 0 Å². The van der Waals surface area contributed by atoms with Gasteiger partial charge in [0, 0.05) is 6.42 Å². The molecule has 0 N–H and O–H groups in total. The van der Waals surface area contributed by atoms with Gasteiger partial charge < -0.3 is 0 Å². The monoisotopic (exact) mass is 212 g/mol. The van der Waals surface area contributed by atoms with Crippen molar-refractivity contribution in [2.75, 3.05) is 0 Å². The van der Waals surface area contributed by atoms with Crippen molar-refractivity contribution in [1.29, 1.82) is 10.5 Å². The number of hydrogen-bond donors (Lipinski definition) is 0. The summed E-state index contributed by atoms with van der Waals surface area (Å²) in [6, 6.07) is 7.64. The van der Waals surface area contributed by atoms with Crippen molar-refractivity contribution in [3.8, 4) is 12.1 Å². The van der Waals surface area contributed by atoms with Gasteiger partial charge in [-0.05, 0) is 17.2 Å². The molecule has 0 aliphatic heterocycles. The normalized spacial score (nSPS) is 12.9. The molecule has 2 rings (SSSR count). The molecule has 1 aliphatic rings. The van der Waals surface area contributed by atoms with E-state index in [-0.39, 0.29) is 23.3 Å². The number of carbonyl (C=O) groups is 1. The van der Waals surface area contributed by atoms with E-state index in [2.05, 4.69) is 0 Å². The molecule has 4 heteroatoms. The second-order valence-corrected chi connectivity index (χ2v) is 3.34. The lowest BCUT2D eigenvalue weighted by atomic mass is 10.0. The summed E-state index contributed by atoms with van der Waals surface area (Å²) in [5.74, 6) is -0.987. The number of benzene rings is 1. The molecule has 0 amide bonds. The van der Waals surface area contributed by atoms with Crippen molar-refractivity contribution in [2.45, 2.75) is 6.42 Å². The molecule has 0 heterocycles. The van der Waals surface area contributed by atoms with Crippen LogP contribution in [0.25, 0.3) is 5.57 Å². The van der Waals surface area contributed by atoms with E-state index in [9.17, 15) is 9.18 Å². The third-order valence-corrected chi connectivity index (χ3v) is 2.48. The number of allylic oxidation sites excluding steroid dienone is 2. The molecule has 1 aromatic carbocycles. The van der Waals surface area contributed by atoms with Gasteiger partial charge in [-0.1, -0.05) is 12.1 Å². The Morgan fingerprint density at radius 3 is 2.62 bits per heavy atom. The molecule has 1 aliphatic carbocycles. The molecule has 0 saturated carbocycles. The van der Waals surface area contributed by atoms with Gasteiger partial charge in [0.15, 0.2) is 5.78 Å². The number of nitrogens with zero attached hydrogens (tertiary/aromatic N) is 2. The zero-order valence-corrected chi connectivity index (χ0v) is 8.12. The van der Waals surface area contributed by atoms with Crippen molar-refractivity contribution < 1.29 is 9.18 Å². The van der Waals surface area contributed by atoms with Crippen LogP contribution in [0, 0.1) is 28.5 Å². The average molecular weight is 212 g/mol. The van der Waals surface area contributed by atoms with E-state index in [1.54, 1.807) is 18.2 Å². The second-order valence-electron chi connectivity index (χ2n) is 3.34. The predicted octanol–water partition coefficient (Wildman–Crippen LogP) is 2.21. The van der Waals surface area contributed by atoms with Crippen LogP contribution in [-0.2, 0) is 0 Å². The van der Waals surface area contributed by atoms with Gasteiger partial charge in [-0.25, -0.2) is 4.39 Å². The Hall–Kier alpha value is -2.46. The molecule has 0 unspecified atom stereocenters. The van der Waals surface area contributed by atoms with Crippen LogP contribution in [0.4, 0.5) is 4.39 Å². The fraction of sp³-hybridized carbons (Fsp3) is 0.0833. The Kier molecular flexibility index (Phi) is 2.27. The van der Waals surface area contributed by atoms with Crippen molar-refractivity contribution in [1.82, 2.24) is 0 Å². The van der Waals surface area contributed by atoms with Crippen LogP contribution < -0.4 is 0 Å². The van der Waals surface area contributed by atoms with Gasteiger partial charge in [-0.2, -0.15) is 10.5 Å². The minimum Gasteiger partial charge on any atom is -0.294 e. The van der Waals surface area contributed by atoms with Gasteiger partial charge in [-0.15, -0.1) is 0 Å². The first-order valence-corrected chi connectivity index (χ1v) is 4.54. The fourth-order valence-electron chi connectivity index (χ4n) is 1.79. The highest BCUT2D eigenvalue weighted by atomic mass is 19.1. The fourth-order valence-corrected chi connectivity index (χ4v) is 1.79. The highest BCUT2D eigenvalue weighted by Crippen LogP contribution is 2.35. The molecule has 0 atom stereocenters. The third kappa shape index (κ3) is 1.29. The van der Waals surface area contributed by atoms with Gasteiger partial charge in [0.1, 0.15) is 23.5 Å². The lowest BCUT2D eigenvalue weighted by Gasteiger charge is -1.99. The minimum absolute atomic E-state index is 0.0134. The summed E-state index contributed by atoms with van der Waals surface area (Å²) in [5, 5.41) is 17.5. The third-order valence-electron chi connectivity index (χ3n) is 2.48. The first-order valence-electron chi connectivity index (χ1n) is 4.54. The van der Waals surface area contributed by atoms with E-state index in [1.165, 1.54) is 12.1 Å². The number of hydrogen-bond acceptors (Lipinski definition) is 3. The Labute approximate surface area is 91.0 Å². The van der Waals surface area contributed by atoms with E-state index < -0.39 is 5.82 Å². The largest absolute Gasteiger partial charge is 0.294 e. The average Bonchev–Trinajstić information content (AvgIpc) is 2.60. The molecule has 0 fully saturated rings. The molecule has 0 spiro atoms. The van der Waals surface area contributed by atoms with Crippen LogP contribution in [0.2, 0.25) is 0 Å². The first-order chi connectivity index (χ1) is 7.69. The Morgan fingerprint density at radius 1 is 1.31 bits per heavy atom. The molecule has 0 saturated heterocycles. The summed E-state index contributed by atoms with van der Waals surface area (Å²) < 4.78 is 13.4. The lowest BCUT2D eigenvalue weighted by Crippen LogP contribution is -1.95. The van der Waals surface area contributed by atoms with Crippen molar-refractivity contribution >= 4 is 11.4 Å². The molecular weight excluding hydrogens is 207 g/mol. The predicted molar refractivity (Wildman–Crippen MR) is 53.5 cm³/mol. The maximum atomic E-state index is 13.4. The summed E-state index contributed by atoms with van der Waals surface area (Å²) in [5.41, 5.74) is 0.547. The molecule has 1 aromatic rings. The van der Waals surface area contributed by atoms with Crippen LogP contribution in [-0.4, -0.2) is 5.78 Å². The summed E-state index contributed by atoms with van der Waals surface area (Å²) in [4.78, 5) is 11.5. The minimum atomic E-state index is -0.604. The van der Waals surface area contributed by atoms with Gasteiger partial charge >= 0.3 is 0 Å². The zero-order valence-electron chi connectivity index (χ0n) is 8.12. The molecule has 16 heavy (non-hydrogen) atoms. The molecule has 0 bridgehead atoms. The Morgan fingerprint density at radius 2 is 2.00 bits per heavy atom. The summed E-state index contributed by atoms with van der Waals surface area (Å²) >= 11 is 0. The van der Waals surface area contributed by atoms with E-state index >= 15 is 0 Å². The molecule has 0 radical (unpaired) electrons. The summed E-state index contributed by atoms with van der Waals surface area (Å²) in [7, 11) is 0. The van der Waals surface area contributed by atoms with Gasteiger partial charge in [0.25, 0.3) is 0 Å². The van der Waals surface area contributed by atoms with E-state index in [0.29, 0.717) is 11.1 Å². The quantitative estimate of drug-likeness (QED) is 0.619. The molecular formula is C12H5FN2O. The van der Waals surface area contributed by atoms with Gasteiger partial charge in [0.05, 0.1) is 5.56 Å². The highest BCUT2D eigenvalue weighted by Gasteiger charge is 2.29. The number of nitriles is 2. The second kappa shape index (κ2) is 3.60. The van der Waals surface area contributed by atoms with Crippen LogP contribution >= 0.6 is 0 Å². The topological polar surface area (TPSA) is 64.7 Å². The number of carbonyl (C=O) groups excluding carboxylic acids is 1. The standard InChI is InChI=1S/C12H5FN2O/c13-10-3-1-2-8-9(7(5-14)6-15)4-11(16)12(8)10/h1-3H,4H2. The number of fused-ring (bicyclic) bond motifs is 1. The number of rotatable bonds is 0. The lowest BCUT2D eigenvalue weighted by molar-refractivity contribution is 0.100. The van der Waals surface area contributed by atoms with Crippen molar-refractivity contribution in [2.24, 2.45) is 0 Å².